The summed E-state index contributed by atoms with van der Waals surface area (Å²) in [5.41, 5.74) is 4.26. The molecule has 2 heterocycles. The number of hydrogen-bond donors (Lipinski definition) is 3. The van der Waals surface area contributed by atoms with Gasteiger partial charge in [0.2, 0.25) is 11.9 Å². The maximum atomic E-state index is 14.9. The van der Waals surface area contributed by atoms with Gasteiger partial charge in [0, 0.05) is 73.3 Å². The first-order valence-corrected chi connectivity index (χ1v) is 14.8. The van der Waals surface area contributed by atoms with Crippen LogP contribution in [-0.4, -0.2) is 58.8 Å². The molecule has 1 fully saturated rings. The van der Waals surface area contributed by atoms with Crippen LogP contribution in [0.2, 0.25) is 0 Å². The summed E-state index contributed by atoms with van der Waals surface area (Å²) in [6.07, 6.45) is 6.59. The van der Waals surface area contributed by atoms with Crippen molar-refractivity contribution in [3.05, 3.63) is 100 Å². The second kappa shape index (κ2) is 14.6. The highest BCUT2D eigenvalue weighted by Crippen LogP contribution is 2.28. The van der Waals surface area contributed by atoms with Crippen LogP contribution in [0.15, 0.2) is 60.8 Å². The van der Waals surface area contributed by atoms with E-state index in [-0.39, 0.29) is 23.8 Å². The molecule has 230 valence electrons. The van der Waals surface area contributed by atoms with Crippen molar-refractivity contribution in [1.82, 2.24) is 10.2 Å². The van der Waals surface area contributed by atoms with Crippen LogP contribution in [0.25, 0.3) is 6.08 Å². The number of aromatic nitrogens is 1. The van der Waals surface area contributed by atoms with Crippen LogP contribution in [0.5, 0.6) is 0 Å². The van der Waals surface area contributed by atoms with Gasteiger partial charge in [-0.1, -0.05) is 12.1 Å². The lowest BCUT2D eigenvalue weighted by molar-refractivity contribution is -0.908. The van der Waals surface area contributed by atoms with Crippen molar-refractivity contribution < 1.29 is 29.0 Å². The normalized spacial score (nSPS) is 14.7. The molecule has 1 aromatic heterocycles. The Hall–Kier alpha value is -4.75. The maximum absolute atomic E-state index is 14.9. The third-order valence-corrected chi connectivity index (χ3v) is 8.36. The monoisotopic (exact) mass is 600 g/mol. The number of halogens is 1. The second-order valence-corrected chi connectivity index (χ2v) is 11.3. The summed E-state index contributed by atoms with van der Waals surface area (Å²) in [6, 6.07) is 16.1. The molecule has 3 N–H and O–H groups in total. The third-order valence-electron chi connectivity index (χ3n) is 8.36. The molecule has 44 heavy (non-hydrogen) atoms. The first-order valence-electron chi connectivity index (χ1n) is 14.8. The molecule has 0 aliphatic carbocycles. The summed E-state index contributed by atoms with van der Waals surface area (Å²) in [4.78, 5) is 28.3. The van der Waals surface area contributed by atoms with Crippen LogP contribution >= 0.6 is 0 Å². The second-order valence-electron chi connectivity index (χ2n) is 11.3. The van der Waals surface area contributed by atoms with E-state index in [1.807, 2.05) is 31.2 Å². The number of nitrogens with one attached hydrogen (secondary N) is 1. The number of amides is 1. The van der Waals surface area contributed by atoms with E-state index in [1.54, 1.807) is 19.1 Å². The van der Waals surface area contributed by atoms with Crippen molar-refractivity contribution in [2.45, 2.75) is 58.7 Å². The average Bonchev–Trinajstić information content (AvgIpc) is 3.02. The summed E-state index contributed by atoms with van der Waals surface area (Å²) in [6.45, 7) is 8.16. The number of nitriles is 1. The molecule has 1 aliphatic heterocycles. The minimum atomic E-state index is -1.02. The van der Waals surface area contributed by atoms with Gasteiger partial charge < -0.3 is 20.2 Å². The summed E-state index contributed by atoms with van der Waals surface area (Å²) in [5, 5.41) is 31.2. The Morgan fingerprint density at radius 1 is 1.18 bits per heavy atom. The fraction of sp³-hybridized carbons (Fsp3) is 0.353. The Kier molecular flexibility index (Phi) is 10.7. The SMILES string of the molecule is Cc1cc[n+](O)c(C)c1C(=O)NCCC(C)N1CCC(N(Cc2cc(C#N)ccc2F)c2ccc(/C=C/C(=O)O)cc2)CC1. The topological polar surface area (TPSA) is 121 Å². The van der Waals surface area contributed by atoms with Gasteiger partial charge in [-0.15, -0.1) is 0 Å². The number of anilines is 1. The zero-order valence-corrected chi connectivity index (χ0v) is 25.3. The number of carboxylic acid groups (broad SMARTS) is 1. The lowest BCUT2D eigenvalue weighted by Gasteiger charge is -2.42. The number of nitrogens with zero attached hydrogens (tertiary/aromatic N) is 4. The van der Waals surface area contributed by atoms with Crippen LogP contribution in [0.3, 0.4) is 0 Å². The number of likely N-dealkylation sites (tertiary alicyclic amines) is 1. The fourth-order valence-electron chi connectivity index (χ4n) is 5.75. The maximum Gasteiger partial charge on any atom is 0.328 e. The van der Waals surface area contributed by atoms with Gasteiger partial charge in [-0.05, 0) is 80.6 Å². The van der Waals surface area contributed by atoms with Crippen molar-refractivity contribution >= 4 is 23.6 Å². The van der Waals surface area contributed by atoms with Gasteiger partial charge in [-0.2, -0.15) is 5.26 Å². The molecule has 1 aliphatic rings. The molecule has 9 nitrogen and oxygen atoms in total. The molecule has 2 aromatic carbocycles. The third kappa shape index (κ3) is 7.99. The van der Waals surface area contributed by atoms with Crippen molar-refractivity contribution in [3.63, 3.8) is 0 Å². The van der Waals surface area contributed by atoms with Crippen LogP contribution in [0.4, 0.5) is 10.1 Å². The zero-order chi connectivity index (χ0) is 31.8. The van der Waals surface area contributed by atoms with Gasteiger partial charge in [0.1, 0.15) is 11.4 Å². The molecule has 1 unspecified atom stereocenters. The lowest BCUT2D eigenvalue weighted by Crippen LogP contribution is -2.48. The molecule has 4 rings (SSSR count). The number of piperidine rings is 1. The predicted molar refractivity (Wildman–Crippen MR) is 165 cm³/mol. The Labute approximate surface area is 257 Å². The molecule has 0 saturated carbocycles. The van der Waals surface area contributed by atoms with Gasteiger partial charge in [0.05, 0.1) is 11.6 Å². The van der Waals surface area contributed by atoms with Gasteiger partial charge in [-0.25, -0.2) is 9.18 Å². The summed E-state index contributed by atoms with van der Waals surface area (Å²) < 4.78 is 15.8. The highest BCUT2D eigenvalue weighted by atomic mass is 19.1. The summed E-state index contributed by atoms with van der Waals surface area (Å²) in [5.74, 6) is -1.59. The molecule has 3 aromatic rings. The van der Waals surface area contributed by atoms with E-state index in [0.29, 0.717) is 35.5 Å². The van der Waals surface area contributed by atoms with Crippen molar-refractivity contribution in [3.8, 4) is 6.07 Å². The number of rotatable bonds is 11. The molecule has 1 atom stereocenters. The molecular weight excluding hydrogens is 561 g/mol. The zero-order valence-electron chi connectivity index (χ0n) is 25.3. The Bertz CT molecular complexity index is 1560. The van der Waals surface area contributed by atoms with Crippen molar-refractivity contribution in [2.75, 3.05) is 24.5 Å². The standard InChI is InChI=1S/C34H38FN5O4/c1-23-13-19-40(44)25(3)33(23)34(43)37-16-12-24(2)38-17-14-30(15-18-38)39(22-28-20-27(21-36)6-10-31(28)35)29-8-4-26(5-9-29)7-11-32(41)42/h4-11,13,19-20,24,30H,12,14-18,22H2,1-3H3,(H2-,37,41,42,43,44)/p+1/b11-7+. The Morgan fingerprint density at radius 2 is 1.89 bits per heavy atom. The average molecular weight is 601 g/mol. The first-order chi connectivity index (χ1) is 21.1. The molecule has 1 saturated heterocycles. The Balaban J connectivity index is 1.41. The molecule has 0 bridgehead atoms. The number of aliphatic carboxylic acids is 1. The van der Waals surface area contributed by atoms with Crippen molar-refractivity contribution in [2.24, 2.45) is 0 Å². The number of hydrogen-bond acceptors (Lipinski definition) is 6. The molecular formula is C34H39FN5O4+. The number of aryl methyl sites for hydroxylation is 1. The number of carbonyl (C=O) groups excluding carboxylic acids is 1. The fourth-order valence-corrected chi connectivity index (χ4v) is 5.75. The van der Waals surface area contributed by atoms with Gasteiger partial charge in [-0.3, -0.25) is 10.0 Å². The van der Waals surface area contributed by atoms with Crippen LogP contribution in [0.1, 0.15) is 64.5 Å². The van der Waals surface area contributed by atoms with Crippen LogP contribution in [0, 0.1) is 31.0 Å². The van der Waals surface area contributed by atoms with Gasteiger partial charge in [0.25, 0.3) is 5.91 Å². The molecule has 10 heteroatoms. The first kappa shape index (κ1) is 32.2. The quantitative estimate of drug-likeness (QED) is 0.167. The van der Waals surface area contributed by atoms with E-state index in [4.69, 9.17) is 5.11 Å². The number of carboxylic acids is 1. The van der Waals surface area contributed by atoms with E-state index < -0.39 is 5.97 Å². The highest BCUT2D eigenvalue weighted by molar-refractivity contribution is 5.96. The number of pyridine rings is 1. The summed E-state index contributed by atoms with van der Waals surface area (Å²) in [7, 11) is 0. The molecule has 0 spiro atoms. The number of carbonyl (C=O) groups is 2. The van der Waals surface area contributed by atoms with E-state index in [1.165, 1.54) is 24.4 Å². The van der Waals surface area contributed by atoms with Crippen molar-refractivity contribution in [1.29, 1.82) is 5.26 Å². The van der Waals surface area contributed by atoms with E-state index in [2.05, 4.69) is 28.1 Å². The minimum Gasteiger partial charge on any atom is -0.478 e. The van der Waals surface area contributed by atoms with E-state index in [9.17, 15) is 24.4 Å². The van der Waals surface area contributed by atoms with Crippen LogP contribution < -0.4 is 14.9 Å². The minimum absolute atomic E-state index is 0.123. The number of benzene rings is 2. The lowest BCUT2D eigenvalue weighted by atomic mass is 9.98. The predicted octanol–water partition coefficient (Wildman–Crippen LogP) is 4.62. The molecule has 1 amide bonds. The summed E-state index contributed by atoms with van der Waals surface area (Å²) >= 11 is 0. The van der Waals surface area contributed by atoms with E-state index >= 15 is 0 Å². The van der Waals surface area contributed by atoms with Gasteiger partial charge in [0.15, 0.2) is 0 Å². The largest absolute Gasteiger partial charge is 0.478 e. The smallest absolute Gasteiger partial charge is 0.328 e. The van der Waals surface area contributed by atoms with E-state index in [0.717, 1.165) is 60.0 Å². The molecule has 0 radical (unpaired) electrons. The van der Waals surface area contributed by atoms with Gasteiger partial charge >= 0.3 is 5.97 Å². The highest BCUT2D eigenvalue weighted by Gasteiger charge is 2.28. The Morgan fingerprint density at radius 3 is 2.55 bits per heavy atom. The van der Waals surface area contributed by atoms with Crippen LogP contribution in [-0.2, 0) is 11.3 Å².